The second-order valence-electron chi connectivity index (χ2n) is 7.78. The smallest absolute Gasteiger partial charge is 0.283 e. The molecule has 0 saturated carbocycles. The van der Waals surface area contributed by atoms with Gasteiger partial charge < -0.3 is 4.42 Å². The molecule has 0 amide bonds. The topological polar surface area (TPSA) is 119 Å². The lowest BCUT2D eigenvalue weighted by Gasteiger charge is -2.25. The van der Waals surface area contributed by atoms with E-state index < -0.39 is 10.0 Å². The highest BCUT2D eigenvalue weighted by atomic mass is 32.2. The van der Waals surface area contributed by atoms with E-state index in [0.29, 0.717) is 29.7 Å². The summed E-state index contributed by atoms with van der Waals surface area (Å²) >= 11 is 1.26. The van der Waals surface area contributed by atoms with Crippen LogP contribution in [0.2, 0.25) is 0 Å². The van der Waals surface area contributed by atoms with Gasteiger partial charge in [-0.15, -0.1) is 10.2 Å². The van der Waals surface area contributed by atoms with E-state index in [2.05, 4.69) is 32.2 Å². The number of benzene rings is 1. The highest BCUT2D eigenvalue weighted by molar-refractivity contribution is 7.99. The molecule has 0 atom stereocenters. The average molecular weight is 486 g/mol. The maximum absolute atomic E-state index is 13.0. The van der Waals surface area contributed by atoms with Crippen molar-refractivity contribution in [2.45, 2.75) is 54.2 Å². The van der Waals surface area contributed by atoms with Crippen LogP contribution in [0.3, 0.4) is 0 Å². The van der Waals surface area contributed by atoms with Gasteiger partial charge in [0.1, 0.15) is 11.4 Å². The van der Waals surface area contributed by atoms with Gasteiger partial charge in [-0.1, -0.05) is 25.8 Å². The van der Waals surface area contributed by atoms with Crippen LogP contribution < -0.4 is 0 Å². The molecule has 0 spiro atoms. The van der Waals surface area contributed by atoms with Gasteiger partial charge in [0.15, 0.2) is 0 Å². The molecule has 1 saturated heterocycles. The number of hydrogen-bond donors (Lipinski definition) is 0. The Labute approximate surface area is 195 Å². The summed E-state index contributed by atoms with van der Waals surface area (Å²) < 4.78 is 35.1. The van der Waals surface area contributed by atoms with Crippen LogP contribution in [-0.4, -0.2) is 55.6 Å². The molecule has 0 bridgehead atoms. The molecule has 1 aromatic carbocycles. The van der Waals surface area contributed by atoms with Crippen LogP contribution in [0.1, 0.15) is 38.3 Å². The molecule has 0 N–H and O–H groups in total. The summed E-state index contributed by atoms with van der Waals surface area (Å²) in [5.74, 6) is 0.768. The largest absolute Gasteiger partial charge is 0.411 e. The van der Waals surface area contributed by atoms with E-state index in [9.17, 15) is 8.42 Å². The van der Waals surface area contributed by atoms with Crippen LogP contribution in [0.5, 0.6) is 0 Å². The van der Waals surface area contributed by atoms with E-state index in [1.54, 1.807) is 33.1 Å². The van der Waals surface area contributed by atoms with E-state index in [-0.39, 0.29) is 10.8 Å². The molecule has 33 heavy (non-hydrogen) atoms. The van der Waals surface area contributed by atoms with Crippen LogP contribution in [0.25, 0.3) is 17.2 Å². The SMILES string of the molecule is CCCc1cc(Sc2nnc(-c3cccc(S(=O)(=O)N4CCCCC4)c3)o2)n2ncnc2n1. The molecule has 4 heterocycles. The molecule has 1 fully saturated rings. The first-order valence-corrected chi connectivity index (χ1v) is 13.1. The highest BCUT2D eigenvalue weighted by Crippen LogP contribution is 2.31. The van der Waals surface area contributed by atoms with Gasteiger partial charge in [-0.3, -0.25) is 0 Å². The van der Waals surface area contributed by atoms with Gasteiger partial charge in [0, 0.05) is 24.3 Å². The number of aromatic nitrogens is 6. The van der Waals surface area contributed by atoms with Gasteiger partial charge in [0.25, 0.3) is 11.0 Å². The normalized spacial score (nSPS) is 15.3. The van der Waals surface area contributed by atoms with Crippen molar-refractivity contribution < 1.29 is 12.8 Å². The van der Waals surface area contributed by atoms with Gasteiger partial charge in [0.2, 0.25) is 15.9 Å². The zero-order valence-corrected chi connectivity index (χ0v) is 19.7. The molecular weight excluding hydrogens is 462 g/mol. The molecule has 1 aliphatic rings. The van der Waals surface area contributed by atoms with Crippen LogP contribution in [0, 0.1) is 0 Å². The first-order chi connectivity index (χ1) is 16.0. The van der Waals surface area contributed by atoms with Gasteiger partial charge in [-0.2, -0.15) is 18.9 Å². The lowest BCUT2D eigenvalue weighted by atomic mass is 10.2. The molecular formula is C21H23N7O3S2. The Bertz CT molecular complexity index is 1380. The Balaban J connectivity index is 1.41. The van der Waals surface area contributed by atoms with Crippen molar-refractivity contribution in [1.29, 1.82) is 0 Å². The fourth-order valence-corrected chi connectivity index (χ4v) is 6.14. The maximum atomic E-state index is 13.0. The summed E-state index contributed by atoms with van der Waals surface area (Å²) in [7, 11) is -3.55. The Morgan fingerprint density at radius 1 is 1.12 bits per heavy atom. The predicted octanol–water partition coefficient (Wildman–Crippen LogP) is 3.45. The molecule has 3 aromatic heterocycles. The number of piperidine rings is 1. The summed E-state index contributed by atoms with van der Waals surface area (Å²) in [6.45, 7) is 3.19. The van der Waals surface area contributed by atoms with Gasteiger partial charge in [-0.25, -0.2) is 13.4 Å². The fourth-order valence-electron chi connectivity index (χ4n) is 3.79. The molecule has 10 nitrogen and oxygen atoms in total. The number of aryl methyl sites for hydroxylation is 1. The Kier molecular flexibility index (Phi) is 6.13. The third-order valence-electron chi connectivity index (χ3n) is 5.41. The second kappa shape index (κ2) is 9.20. The van der Waals surface area contributed by atoms with Crippen LogP contribution in [0.4, 0.5) is 0 Å². The summed E-state index contributed by atoms with van der Waals surface area (Å²) in [5, 5.41) is 13.6. The molecule has 4 aromatic rings. The monoisotopic (exact) mass is 485 g/mol. The van der Waals surface area contributed by atoms with E-state index >= 15 is 0 Å². The second-order valence-corrected chi connectivity index (χ2v) is 10.7. The van der Waals surface area contributed by atoms with Gasteiger partial charge >= 0.3 is 0 Å². The van der Waals surface area contributed by atoms with Crippen molar-refractivity contribution in [3.05, 3.63) is 42.4 Å². The Hall–Kier alpha value is -2.83. The number of hydrogen-bond acceptors (Lipinski definition) is 9. The zero-order valence-electron chi connectivity index (χ0n) is 18.1. The number of rotatable bonds is 7. The van der Waals surface area contributed by atoms with Crippen molar-refractivity contribution in [3.63, 3.8) is 0 Å². The molecule has 12 heteroatoms. The number of fused-ring (bicyclic) bond motifs is 1. The summed E-state index contributed by atoms with van der Waals surface area (Å²) in [5.41, 5.74) is 1.47. The van der Waals surface area contributed by atoms with Gasteiger partial charge in [-0.05, 0) is 55.3 Å². The lowest BCUT2D eigenvalue weighted by Crippen LogP contribution is -2.35. The first-order valence-electron chi connectivity index (χ1n) is 10.9. The van der Waals surface area contributed by atoms with E-state index in [1.165, 1.54) is 18.1 Å². The average Bonchev–Trinajstić information content (AvgIpc) is 3.50. The van der Waals surface area contributed by atoms with Crippen molar-refractivity contribution >= 4 is 27.6 Å². The minimum Gasteiger partial charge on any atom is -0.411 e. The first kappa shape index (κ1) is 22.0. The van der Waals surface area contributed by atoms with E-state index in [1.807, 2.05) is 6.07 Å². The zero-order chi connectivity index (χ0) is 22.8. The number of sulfonamides is 1. The van der Waals surface area contributed by atoms with Crippen LogP contribution in [0.15, 0.2) is 56.2 Å². The Morgan fingerprint density at radius 2 is 1.97 bits per heavy atom. The molecule has 0 radical (unpaired) electrons. The van der Waals surface area contributed by atoms with Crippen LogP contribution in [-0.2, 0) is 16.4 Å². The van der Waals surface area contributed by atoms with Gasteiger partial charge in [0.05, 0.1) is 4.90 Å². The quantitative estimate of drug-likeness (QED) is 0.362. The lowest BCUT2D eigenvalue weighted by molar-refractivity contribution is 0.346. The van der Waals surface area contributed by atoms with E-state index in [4.69, 9.17) is 4.42 Å². The van der Waals surface area contributed by atoms with Crippen molar-refractivity contribution in [1.82, 2.24) is 34.1 Å². The summed E-state index contributed by atoms with van der Waals surface area (Å²) in [4.78, 5) is 8.92. The summed E-state index contributed by atoms with van der Waals surface area (Å²) in [6, 6.07) is 8.59. The third-order valence-corrected chi connectivity index (χ3v) is 8.14. The third kappa shape index (κ3) is 4.50. The number of nitrogens with zero attached hydrogens (tertiary/aromatic N) is 7. The van der Waals surface area contributed by atoms with E-state index in [0.717, 1.165) is 42.8 Å². The summed E-state index contributed by atoms with van der Waals surface area (Å²) in [6.07, 6.45) is 6.07. The standard InChI is InChI=1S/C21H23N7O3S2/c1-2-7-16-13-18(28-20(24-16)22-14-23-28)32-21-26-25-19(31-21)15-8-6-9-17(12-15)33(29,30)27-10-4-3-5-11-27/h6,8-9,12-14H,2-5,7,10-11H2,1H3. The molecule has 0 aliphatic carbocycles. The molecule has 0 unspecified atom stereocenters. The molecule has 5 rings (SSSR count). The van der Waals surface area contributed by atoms with Crippen molar-refractivity contribution in [2.75, 3.05) is 13.1 Å². The maximum Gasteiger partial charge on any atom is 0.283 e. The minimum atomic E-state index is -3.55. The van der Waals surface area contributed by atoms with Crippen molar-refractivity contribution in [3.8, 4) is 11.5 Å². The Morgan fingerprint density at radius 3 is 2.79 bits per heavy atom. The van der Waals surface area contributed by atoms with Crippen LogP contribution >= 0.6 is 11.8 Å². The predicted molar refractivity (Wildman–Crippen MR) is 121 cm³/mol. The highest BCUT2D eigenvalue weighted by Gasteiger charge is 2.26. The molecule has 1 aliphatic heterocycles. The molecule has 172 valence electrons. The minimum absolute atomic E-state index is 0.233. The fraction of sp³-hybridized carbons (Fsp3) is 0.381. The van der Waals surface area contributed by atoms with Crippen molar-refractivity contribution in [2.24, 2.45) is 0 Å².